The average molecular weight is 240 g/mol. The Kier molecular flexibility index (Phi) is 6.56. The maximum absolute atomic E-state index is 12.3. The molecule has 3 heteroatoms. The summed E-state index contributed by atoms with van der Waals surface area (Å²) in [4.78, 5) is 14.4. The molecule has 0 saturated carbocycles. The Morgan fingerprint density at radius 1 is 1.35 bits per heavy atom. The van der Waals surface area contributed by atoms with Crippen LogP contribution in [0.15, 0.2) is 0 Å². The Bertz CT molecular complexity index is 222. The van der Waals surface area contributed by atoms with Crippen LogP contribution in [0.4, 0.5) is 0 Å². The van der Waals surface area contributed by atoms with Crippen LogP contribution in [0, 0.1) is 11.8 Å². The summed E-state index contributed by atoms with van der Waals surface area (Å²) >= 11 is 0. The van der Waals surface area contributed by atoms with Crippen molar-refractivity contribution in [1.29, 1.82) is 0 Å². The maximum Gasteiger partial charge on any atom is 0.225 e. The fourth-order valence-corrected chi connectivity index (χ4v) is 2.60. The molecule has 1 aliphatic heterocycles. The molecular weight excluding hydrogens is 212 g/mol. The second-order valence-corrected chi connectivity index (χ2v) is 5.25. The van der Waals surface area contributed by atoms with E-state index in [1.165, 1.54) is 12.8 Å². The van der Waals surface area contributed by atoms with E-state index in [1.807, 2.05) is 0 Å². The summed E-state index contributed by atoms with van der Waals surface area (Å²) in [5, 5.41) is 0. The summed E-state index contributed by atoms with van der Waals surface area (Å²) in [6.07, 6.45) is 6.57. The van der Waals surface area contributed by atoms with E-state index in [2.05, 4.69) is 18.7 Å². The van der Waals surface area contributed by atoms with E-state index in [0.717, 1.165) is 45.3 Å². The largest absolute Gasteiger partial charge is 0.342 e. The third-order valence-corrected chi connectivity index (χ3v) is 4.01. The van der Waals surface area contributed by atoms with Crippen molar-refractivity contribution in [3.8, 4) is 0 Å². The molecule has 100 valence electrons. The van der Waals surface area contributed by atoms with Crippen LogP contribution in [0.3, 0.4) is 0 Å². The van der Waals surface area contributed by atoms with E-state index in [1.54, 1.807) is 0 Å². The molecule has 0 aromatic heterocycles. The fourth-order valence-electron chi connectivity index (χ4n) is 2.60. The first kappa shape index (κ1) is 14.5. The zero-order chi connectivity index (χ0) is 12.7. The van der Waals surface area contributed by atoms with Crippen molar-refractivity contribution < 1.29 is 4.79 Å². The van der Waals surface area contributed by atoms with E-state index in [4.69, 9.17) is 5.73 Å². The highest BCUT2D eigenvalue weighted by atomic mass is 16.2. The Hall–Kier alpha value is -0.570. The average Bonchev–Trinajstić information content (AvgIpc) is 2.39. The second kappa shape index (κ2) is 7.70. The van der Waals surface area contributed by atoms with Crippen LogP contribution in [0.25, 0.3) is 0 Å². The lowest BCUT2D eigenvalue weighted by molar-refractivity contribution is -0.137. The summed E-state index contributed by atoms with van der Waals surface area (Å²) in [5.74, 6) is 1.27. The molecule has 0 aliphatic carbocycles. The number of nitrogens with zero attached hydrogens (tertiary/aromatic N) is 1. The number of hydrogen-bond acceptors (Lipinski definition) is 2. The Morgan fingerprint density at radius 2 is 2.00 bits per heavy atom. The minimum Gasteiger partial charge on any atom is -0.342 e. The maximum atomic E-state index is 12.3. The van der Waals surface area contributed by atoms with E-state index in [9.17, 15) is 4.79 Å². The van der Waals surface area contributed by atoms with Crippen molar-refractivity contribution in [3.63, 3.8) is 0 Å². The van der Waals surface area contributed by atoms with Crippen LogP contribution in [-0.2, 0) is 4.79 Å². The van der Waals surface area contributed by atoms with Crippen LogP contribution in [0.1, 0.15) is 52.4 Å². The molecule has 0 aromatic rings. The first-order chi connectivity index (χ1) is 8.22. The summed E-state index contributed by atoms with van der Waals surface area (Å²) < 4.78 is 0. The first-order valence-corrected chi connectivity index (χ1v) is 7.21. The molecule has 1 amide bonds. The van der Waals surface area contributed by atoms with Gasteiger partial charge in [0.2, 0.25) is 5.91 Å². The molecule has 1 aliphatic rings. The van der Waals surface area contributed by atoms with E-state index < -0.39 is 0 Å². The van der Waals surface area contributed by atoms with Crippen LogP contribution in [0.5, 0.6) is 0 Å². The van der Waals surface area contributed by atoms with Gasteiger partial charge in [0.15, 0.2) is 0 Å². The summed E-state index contributed by atoms with van der Waals surface area (Å²) in [6, 6.07) is 0. The van der Waals surface area contributed by atoms with Gasteiger partial charge in [-0.15, -0.1) is 0 Å². The number of carbonyl (C=O) groups excluding carboxylic acids is 1. The SMILES string of the molecule is CCCCC(CC)C(=O)N1CCC(CN)CC1. The van der Waals surface area contributed by atoms with E-state index >= 15 is 0 Å². The van der Waals surface area contributed by atoms with Crippen LogP contribution >= 0.6 is 0 Å². The quantitative estimate of drug-likeness (QED) is 0.775. The number of amides is 1. The van der Waals surface area contributed by atoms with Gasteiger partial charge in [-0.1, -0.05) is 26.7 Å². The Morgan fingerprint density at radius 3 is 2.47 bits per heavy atom. The molecule has 2 N–H and O–H groups in total. The standard InChI is InChI=1S/C14H28N2O/c1-3-5-6-13(4-2)14(17)16-9-7-12(11-15)8-10-16/h12-13H,3-11,15H2,1-2H3. The van der Waals surface area contributed by atoms with Gasteiger partial charge in [-0.25, -0.2) is 0 Å². The van der Waals surface area contributed by atoms with Gasteiger partial charge in [0.05, 0.1) is 0 Å². The lowest BCUT2D eigenvalue weighted by atomic mass is 9.93. The minimum absolute atomic E-state index is 0.254. The molecule has 0 spiro atoms. The van der Waals surface area contributed by atoms with Gasteiger partial charge in [-0.2, -0.15) is 0 Å². The highest BCUT2D eigenvalue weighted by Gasteiger charge is 2.26. The molecule has 3 nitrogen and oxygen atoms in total. The third-order valence-electron chi connectivity index (χ3n) is 4.01. The fraction of sp³-hybridized carbons (Fsp3) is 0.929. The molecule has 1 rings (SSSR count). The summed E-state index contributed by atoms with van der Waals surface area (Å²) in [5.41, 5.74) is 5.67. The van der Waals surface area contributed by atoms with Gasteiger partial charge in [-0.05, 0) is 38.1 Å². The minimum atomic E-state index is 0.254. The summed E-state index contributed by atoms with van der Waals surface area (Å²) in [6.45, 7) is 6.93. The van der Waals surface area contributed by atoms with Crippen LogP contribution in [0.2, 0.25) is 0 Å². The number of likely N-dealkylation sites (tertiary alicyclic amines) is 1. The topological polar surface area (TPSA) is 46.3 Å². The van der Waals surface area contributed by atoms with Gasteiger partial charge in [-0.3, -0.25) is 4.79 Å². The molecule has 1 fully saturated rings. The normalized spacial score (nSPS) is 19.4. The van der Waals surface area contributed by atoms with Gasteiger partial charge < -0.3 is 10.6 Å². The molecular formula is C14H28N2O. The molecule has 0 radical (unpaired) electrons. The number of carbonyl (C=O) groups is 1. The molecule has 1 heterocycles. The van der Waals surface area contributed by atoms with Gasteiger partial charge in [0.1, 0.15) is 0 Å². The summed E-state index contributed by atoms with van der Waals surface area (Å²) in [7, 11) is 0. The Balaban J connectivity index is 2.40. The van der Waals surface area contributed by atoms with E-state index in [0.29, 0.717) is 11.8 Å². The second-order valence-electron chi connectivity index (χ2n) is 5.25. The molecule has 0 bridgehead atoms. The highest BCUT2D eigenvalue weighted by Crippen LogP contribution is 2.21. The molecule has 17 heavy (non-hydrogen) atoms. The van der Waals surface area contributed by atoms with Gasteiger partial charge in [0.25, 0.3) is 0 Å². The third kappa shape index (κ3) is 4.30. The van der Waals surface area contributed by atoms with Crippen LogP contribution in [-0.4, -0.2) is 30.4 Å². The van der Waals surface area contributed by atoms with Crippen LogP contribution < -0.4 is 5.73 Å². The molecule has 1 unspecified atom stereocenters. The van der Waals surface area contributed by atoms with Crippen molar-refractivity contribution >= 4 is 5.91 Å². The van der Waals surface area contributed by atoms with Crippen molar-refractivity contribution in [2.75, 3.05) is 19.6 Å². The number of rotatable bonds is 6. The Labute approximate surface area is 106 Å². The van der Waals surface area contributed by atoms with Crippen molar-refractivity contribution in [2.45, 2.75) is 52.4 Å². The monoisotopic (exact) mass is 240 g/mol. The number of nitrogens with two attached hydrogens (primary N) is 1. The van der Waals surface area contributed by atoms with Gasteiger partial charge >= 0.3 is 0 Å². The number of hydrogen-bond donors (Lipinski definition) is 1. The molecule has 1 saturated heterocycles. The zero-order valence-electron chi connectivity index (χ0n) is 11.5. The lowest BCUT2D eigenvalue weighted by Crippen LogP contribution is -2.42. The van der Waals surface area contributed by atoms with E-state index in [-0.39, 0.29) is 5.92 Å². The lowest BCUT2D eigenvalue weighted by Gasteiger charge is -2.33. The molecule has 1 atom stereocenters. The number of piperidine rings is 1. The predicted octanol–water partition coefficient (Wildman–Crippen LogP) is 2.40. The zero-order valence-corrected chi connectivity index (χ0v) is 11.5. The van der Waals surface area contributed by atoms with Gasteiger partial charge in [0, 0.05) is 19.0 Å². The smallest absolute Gasteiger partial charge is 0.225 e. The molecule has 0 aromatic carbocycles. The van der Waals surface area contributed by atoms with Crippen molar-refractivity contribution in [1.82, 2.24) is 4.90 Å². The number of unbranched alkanes of at least 4 members (excludes halogenated alkanes) is 1. The van der Waals surface area contributed by atoms with Crippen molar-refractivity contribution in [2.24, 2.45) is 17.6 Å². The first-order valence-electron chi connectivity index (χ1n) is 7.21. The predicted molar refractivity (Wildman–Crippen MR) is 71.7 cm³/mol. The highest BCUT2D eigenvalue weighted by molar-refractivity contribution is 5.78. The van der Waals surface area contributed by atoms with Crippen molar-refractivity contribution in [3.05, 3.63) is 0 Å².